The number of phenolic OH excluding ortho intramolecular Hbond substituents is 1. The number of phenols is 1. The lowest BCUT2D eigenvalue weighted by Gasteiger charge is -2.17. The number of aryl methyl sites for hydroxylation is 1. The summed E-state index contributed by atoms with van der Waals surface area (Å²) in [5.41, 5.74) is 1.71. The van der Waals surface area contributed by atoms with Crippen molar-refractivity contribution in [2.24, 2.45) is 0 Å². The smallest absolute Gasteiger partial charge is 0.328 e. The van der Waals surface area contributed by atoms with Gasteiger partial charge in [-0.1, -0.05) is 12.1 Å². The average Bonchev–Trinajstić information content (AvgIpc) is 2.62. The number of amides is 1. The van der Waals surface area contributed by atoms with Gasteiger partial charge in [0.25, 0.3) is 5.91 Å². The van der Waals surface area contributed by atoms with Gasteiger partial charge in [0.1, 0.15) is 17.5 Å². The number of pyridine rings is 1. The summed E-state index contributed by atoms with van der Waals surface area (Å²) >= 11 is 0. The first-order valence-corrected chi connectivity index (χ1v) is 7.61. The van der Waals surface area contributed by atoms with E-state index in [2.05, 4.69) is 10.3 Å². The molecule has 0 aliphatic heterocycles. The van der Waals surface area contributed by atoms with E-state index < -0.39 is 17.9 Å². The molecule has 0 spiro atoms. The van der Waals surface area contributed by atoms with Crippen LogP contribution in [-0.4, -0.2) is 42.2 Å². The number of methoxy groups -OCH3 is 2. The van der Waals surface area contributed by atoms with Gasteiger partial charge in [-0.25, -0.2) is 4.79 Å². The Kier molecular flexibility index (Phi) is 5.94. The predicted octanol–water partition coefficient (Wildman–Crippen LogP) is 1.62. The van der Waals surface area contributed by atoms with Crippen molar-refractivity contribution >= 4 is 11.9 Å². The molecule has 2 N–H and O–H groups in total. The number of benzene rings is 1. The molecular weight excluding hydrogens is 324 g/mol. The molecule has 0 saturated heterocycles. The summed E-state index contributed by atoms with van der Waals surface area (Å²) in [4.78, 5) is 28.7. The average molecular weight is 344 g/mol. The Bertz CT molecular complexity index is 759. The quantitative estimate of drug-likeness (QED) is 0.773. The number of hydrogen-bond acceptors (Lipinski definition) is 6. The Morgan fingerprint density at radius 2 is 1.92 bits per heavy atom. The molecule has 0 fully saturated rings. The fraction of sp³-hybridized carbons (Fsp3) is 0.278. The highest BCUT2D eigenvalue weighted by atomic mass is 16.5. The highest BCUT2D eigenvalue weighted by molar-refractivity contribution is 5.99. The molecule has 0 radical (unpaired) electrons. The number of hydrogen-bond donors (Lipinski definition) is 2. The maximum absolute atomic E-state index is 12.6. The Balaban J connectivity index is 2.22. The van der Waals surface area contributed by atoms with Crippen molar-refractivity contribution in [1.29, 1.82) is 0 Å². The molecule has 1 aromatic heterocycles. The molecule has 1 atom stereocenters. The van der Waals surface area contributed by atoms with Crippen molar-refractivity contribution in [2.45, 2.75) is 19.4 Å². The third-order valence-electron chi connectivity index (χ3n) is 3.64. The van der Waals surface area contributed by atoms with Crippen molar-refractivity contribution in [3.05, 3.63) is 53.3 Å². The van der Waals surface area contributed by atoms with E-state index in [0.717, 1.165) is 5.56 Å². The summed E-state index contributed by atoms with van der Waals surface area (Å²) < 4.78 is 9.93. The third-order valence-corrected chi connectivity index (χ3v) is 3.64. The van der Waals surface area contributed by atoms with E-state index >= 15 is 0 Å². The number of nitrogens with one attached hydrogen (secondary N) is 1. The van der Waals surface area contributed by atoms with Crippen molar-refractivity contribution < 1.29 is 24.2 Å². The van der Waals surface area contributed by atoms with Crippen LogP contribution in [0.25, 0.3) is 0 Å². The lowest BCUT2D eigenvalue weighted by Crippen LogP contribution is -2.43. The molecule has 132 valence electrons. The zero-order valence-corrected chi connectivity index (χ0v) is 14.3. The van der Waals surface area contributed by atoms with Crippen LogP contribution in [0.3, 0.4) is 0 Å². The van der Waals surface area contributed by atoms with Gasteiger partial charge in [-0.3, -0.25) is 9.78 Å². The second-order valence-corrected chi connectivity index (χ2v) is 5.45. The monoisotopic (exact) mass is 344 g/mol. The Labute approximate surface area is 145 Å². The van der Waals surface area contributed by atoms with Crippen LogP contribution in [0.5, 0.6) is 11.5 Å². The number of aromatic hydroxyl groups is 1. The van der Waals surface area contributed by atoms with Crippen LogP contribution in [0.2, 0.25) is 0 Å². The SMILES string of the molecule is COC(=O)[C@H](Cc1ccc(O)cc1)NC(=O)c1cc(C)ncc1OC. The van der Waals surface area contributed by atoms with Crippen molar-refractivity contribution in [3.63, 3.8) is 0 Å². The fourth-order valence-electron chi connectivity index (χ4n) is 2.33. The Hall–Kier alpha value is -3.09. The normalized spacial score (nSPS) is 11.5. The minimum atomic E-state index is -0.875. The van der Waals surface area contributed by atoms with Gasteiger partial charge in [0.05, 0.1) is 26.0 Å². The molecule has 1 amide bonds. The number of carbonyl (C=O) groups excluding carboxylic acids is 2. The summed E-state index contributed by atoms with van der Waals surface area (Å²) in [5, 5.41) is 12.0. The summed E-state index contributed by atoms with van der Waals surface area (Å²) in [5.74, 6) is -0.585. The number of esters is 1. The summed E-state index contributed by atoms with van der Waals surface area (Å²) in [7, 11) is 2.70. The second-order valence-electron chi connectivity index (χ2n) is 5.45. The molecule has 0 aliphatic rings. The number of nitrogens with zero attached hydrogens (tertiary/aromatic N) is 1. The molecule has 0 aliphatic carbocycles. The predicted molar refractivity (Wildman–Crippen MR) is 90.6 cm³/mol. The lowest BCUT2D eigenvalue weighted by molar-refractivity contribution is -0.142. The van der Waals surface area contributed by atoms with E-state index in [1.54, 1.807) is 25.1 Å². The summed E-state index contributed by atoms with van der Waals surface area (Å²) in [6.45, 7) is 1.75. The highest BCUT2D eigenvalue weighted by Crippen LogP contribution is 2.18. The van der Waals surface area contributed by atoms with Crippen molar-refractivity contribution in [1.82, 2.24) is 10.3 Å². The van der Waals surface area contributed by atoms with E-state index in [9.17, 15) is 14.7 Å². The Morgan fingerprint density at radius 3 is 2.52 bits per heavy atom. The van der Waals surface area contributed by atoms with Crippen LogP contribution >= 0.6 is 0 Å². The van der Waals surface area contributed by atoms with Gasteiger partial charge < -0.3 is 19.9 Å². The van der Waals surface area contributed by atoms with E-state index in [1.807, 2.05) is 0 Å². The Morgan fingerprint density at radius 1 is 1.24 bits per heavy atom. The van der Waals surface area contributed by atoms with Gasteiger partial charge in [-0.05, 0) is 30.7 Å². The number of rotatable bonds is 6. The van der Waals surface area contributed by atoms with Crippen LogP contribution in [0.1, 0.15) is 21.6 Å². The maximum atomic E-state index is 12.6. The van der Waals surface area contributed by atoms with Crippen molar-refractivity contribution in [2.75, 3.05) is 14.2 Å². The van der Waals surface area contributed by atoms with Crippen LogP contribution in [0, 0.1) is 6.92 Å². The molecule has 1 heterocycles. The number of aromatic nitrogens is 1. The minimum Gasteiger partial charge on any atom is -0.508 e. The van der Waals surface area contributed by atoms with E-state index in [-0.39, 0.29) is 17.7 Å². The highest BCUT2D eigenvalue weighted by Gasteiger charge is 2.24. The first-order valence-electron chi connectivity index (χ1n) is 7.61. The minimum absolute atomic E-state index is 0.124. The summed E-state index contributed by atoms with van der Waals surface area (Å²) in [6, 6.07) is 7.09. The van der Waals surface area contributed by atoms with Gasteiger partial charge in [-0.15, -0.1) is 0 Å². The lowest BCUT2D eigenvalue weighted by atomic mass is 10.0. The van der Waals surface area contributed by atoms with Crippen LogP contribution in [0.4, 0.5) is 0 Å². The fourth-order valence-corrected chi connectivity index (χ4v) is 2.33. The van der Waals surface area contributed by atoms with Gasteiger partial charge in [0, 0.05) is 12.1 Å². The van der Waals surface area contributed by atoms with E-state index in [4.69, 9.17) is 9.47 Å². The van der Waals surface area contributed by atoms with Crippen LogP contribution in [-0.2, 0) is 16.0 Å². The maximum Gasteiger partial charge on any atom is 0.328 e. The molecule has 2 aromatic rings. The third kappa shape index (κ3) is 4.69. The molecule has 25 heavy (non-hydrogen) atoms. The van der Waals surface area contributed by atoms with Crippen molar-refractivity contribution in [3.8, 4) is 11.5 Å². The topological polar surface area (TPSA) is 97.8 Å². The van der Waals surface area contributed by atoms with Gasteiger partial charge >= 0.3 is 5.97 Å². The molecule has 2 rings (SSSR count). The molecular formula is C18H20N2O5. The zero-order valence-electron chi connectivity index (χ0n) is 14.3. The molecule has 7 heteroatoms. The van der Waals surface area contributed by atoms with E-state index in [1.165, 1.54) is 32.5 Å². The van der Waals surface area contributed by atoms with Gasteiger partial charge in [0.15, 0.2) is 0 Å². The molecule has 0 unspecified atom stereocenters. The van der Waals surface area contributed by atoms with Crippen LogP contribution < -0.4 is 10.1 Å². The first-order chi connectivity index (χ1) is 11.9. The van der Waals surface area contributed by atoms with Gasteiger partial charge in [-0.2, -0.15) is 0 Å². The standard InChI is InChI=1S/C18H20N2O5/c1-11-8-14(16(24-2)10-19-11)17(22)20-15(18(23)25-3)9-12-4-6-13(21)7-5-12/h4-8,10,15,21H,9H2,1-3H3,(H,20,22)/t15-/m0/s1. The van der Waals surface area contributed by atoms with Crippen LogP contribution in [0.15, 0.2) is 36.5 Å². The second kappa shape index (κ2) is 8.14. The first kappa shape index (κ1) is 18.3. The van der Waals surface area contributed by atoms with E-state index in [0.29, 0.717) is 11.4 Å². The largest absolute Gasteiger partial charge is 0.508 e. The number of ether oxygens (including phenoxy) is 2. The molecule has 0 bridgehead atoms. The molecule has 1 aromatic carbocycles. The summed E-state index contributed by atoms with van der Waals surface area (Å²) in [6.07, 6.45) is 1.68. The molecule has 0 saturated carbocycles. The number of carbonyl (C=O) groups is 2. The van der Waals surface area contributed by atoms with Gasteiger partial charge in [0.2, 0.25) is 0 Å². The molecule has 7 nitrogen and oxygen atoms in total. The zero-order chi connectivity index (χ0) is 18.4.